The van der Waals surface area contributed by atoms with Gasteiger partial charge in [-0.3, -0.25) is 0 Å². The molecule has 0 saturated carbocycles. The number of ether oxygens (including phenoxy) is 2. The van der Waals surface area contributed by atoms with Gasteiger partial charge in [0.15, 0.2) is 0 Å². The SMILES string of the molecule is [N-]=[N+]=NCCOCCOCCn1ccnc1[N+](=O)[O-]. The van der Waals surface area contributed by atoms with Crippen LogP contribution < -0.4 is 0 Å². The first-order valence-corrected chi connectivity index (χ1v) is 5.57. The quantitative estimate of drug-likeness (QED) is 0.157. The van der Waals surface area contributed by atoms with Crippen molar-refractivity contribution in [2.24, 2.45) is 5.11 Å². The van der Waals surface area contributed by atoms with Crippen LogP contribution in [0.15, 0.2) is 17.5 Å². The lowest BCUT2D eigenvalue weighted by Gasteiger charge is -2.04. The van der Waals surface area contributed by atoms with Crippen molar-refractivity contribution in [2.45, 2.75) is 6.54 Å². The molecule has 0 aliphatic rings. The van der Waals surface area contributed by atoms with Crippen molar-refractivity contribution in [3.63, 3.8) is 0 Å². The molecule has 0 spiro atoms. The molecular weight excluding hydrogens is 256 g/mol. The van der Waals surface area contributed by atoms with E-state index in [-0.39, 0.29) is 12.5 Å². The van der Waals surface area contributed by atoms with E-state index in [9.17, 15) is 10.1 Å². The number of aromatic nitrogens is 2. The van der Waals surface area contributed by atoms with Gasteiger partial charge in [-0.1, -0.05) is 10.1 Å². The van der Waals surface area contributed by atoms with Crippen LogP contribution in [0.5, 0.6) is 0 Å². The van der Waals surface area contributed by atoms with E-state index in [0.717, 1.165) is 0 Å². The Kier molecular flexibility index (Phi) is 6.95. The third-order valence-electron chi connectivity index (χ3n) is 2.10. The maximum atomic E-state index is 10.6. The lowest BCUT2D eigenvalue weighted by Crippen LogP contribution is -2.12. The lowest BCUT2D eigenvalue weighted by atomic mass is 10.6. The summed E-state index contributed by atoms with van der Waals surface area (Å²) >= 11 is 0. The number of nitrogens with zero attached hydrogens (tertiary/aromatic N) is 6. The minimum atomic E-state index is -0.543. The molecule has 10 heteroatoms. The highest BCUT2D eigenvalue weighted by Gasteiger charge is 2.12. The molecular formula is C9H14N6O4. The number of nitro groups is 1. The Labute approximate surface area is 108 Å². The topological polar surface area (TPSA) is 128 Å². The molecule has 10 nitrogen and oxygen atoms in total. The number of hydrogen-bond donors (Lipinski definition) is 0. The summed E-state index contributed by atoms with van der Waals surface area (Å²) in [5, 5.41) is 13.9. The van der Waals surface area contributed by atoms with Gasteiger partial charge >= 0.3 is 5.95 Å². The third-order valence-corrected chi connectivity index (χ3v) is 2.10. The van der Waals surface area contributed by atoms with Crippen LogP contribution in [0.1, 0.15) is 0 Å². The second-order valence-electron chi connectivity index (χ2n) is 3.36. The molecule has 0 bridgehead atoms. The molecule has 0 aromatic carbocycles. The summed E-state index contributed by atoms with van der Waals surface area (Å²) in [6, 6.07) is 0. The molecule has 1 aromatic rings. The van der Waals surface area contributed by atoms with E-state index in [2.05, 4.69) is 15.0 Å². The molecule has 0 aliphatic heterocycles. The lowest BCUT2D eigenvalue weighted by molar-refractivity contribution is -0.396. The predicted molar refractivity (Wildman–Crippen MR) is 64.5 cm³/mol. The third kappa shape index (κ3) is 5.82. The largest absolute Gasteiger partial charge is 0.434 e. The fraction of sp³-hybridized carbons (Fsp3) is 0.667. The maximum Gasteiger partial charge on any atom is 0.434 e. The second kappa shape index (κ2) is 8.86. The molecule has 104 valence electrons. The van der Waals surface area contributed by atoms with Gasteiger partial charge in [-0.25, -0.2) is 4.57 Å². The molecule has 0 aliphatic carbocycles. The van der Waals surface area contributed by atoms with Crippen molar-refractivity contribution in [1.82, 2.24) is 9.55 Å². The van der Waals surface area contributed by atoms with Crippen LogP contribution >= 0.6 is 0 Å². The molecule has 0 fully saturated rings. The van der Waals surface area contributed by atoms with Crippen molar-refractivity contribution < 1.29 is 14.4 Å². The Bertz CT molecular complexity index is 442. The predicted octanol–water partition coefficient (Wildman–Crippen LogP) is 1.13. The zero-order valence-electron chi connectivity index (χ0n) is 10.2. The van der Waals surface area contributed by atoms with Gasteiger partial charge in [0.05, 0.1) is 33.0 Å². The molecule has 1 rings (SSSR count). The normalized spacial score (nSPS) is 10.1. The molecule has 0 atom stereocenters. The fourth-order valence-electron chi connectivity index (χ4n) is 1.28. The van der Waals surface area contributed by atoms with Crippen LogP contribution in [0, 0.1) is 10.1 Å². The smallest absolute Gasteiger partial charge is 0.390 e. The highest BCUT2D eigenvalue weighted by Crippen LogP contribution is 2.06. The van der Waals surface area contributed by atoms with Gasteiger partial charge < -0.3 is 19.6 Å². The summed E-state index contributed by atoms with van der Waals surface area (Å²) in [5.41, 5.74) is 8.01. The minimum absolute atomic E-state index is 0.200. The van der Waals surface area contributed by atoms with Crippen LogP contribution in [0.25, 0.3) is 10.4 Å². The Morgan fingerprint density at radius 1 is 1.42 bits per heavy atom. The molecule has 1 aromatic heterocycles. The van der Waals surface area contributed by atoms with E-state index >= 15 is 0 Å². The van der Waals surface area contributed by atoms with Gasteiger partial charge in [-0.05, 0) is 10.5 Å². The summed E-state index contributed by atoms with van der Waals surface area (Å²) in [6.45, 7) is 2.08. The van der Waals surface area contributed by atoms with Gasteiger partial charge in [0, 0.05) is 11.5 Å². The van der Waals surface area contributed by atoms with Crippen molar-refractivity contribution in [2.75, 3.05) is 33.0 Å². The van der Waals surface area contributed by atoms with Crippen LogP contribution in [-0.2, 0) is 16.0 Å². The van der Waals surface area contributed by atoms with Crippen LogP contribution in [0.4, 0.5) is 5.95 Å². The van der Waals surface area contributed by atoms with E-state index in [1.807, 2.05) is 0 Å². The number of azide groups is 1. The van der Waals surface area contributed by atoms with E-state index in [1.165, 1.54) is 17.0 Å². The highest BCUT2D eigenvalue weighted by atomic mass is 16.6. The molecule has 19 heavy (non-hydrogen) atoms. The summed E-state index contributed by atoms with van der Waals surface area (Å²) < 4.78 is 11.8. The molecule has 0 saturated heterocycles. The van der Waals surface area contributed by atoms with Gasteiger partial charge in [-0.15, -0.1) is 0 Å². The van der Waals surface area contributed by atoms with Crippen molar-refractivity contribution >= 4 is 5.95 Å². The van der Waals surface area contributed by atoms with Gasteiger partial charge in [0.2, 0.25) is 0 Å². The molecule has 1 heterocycles. The first kappa shape index (κ1) is 14.9. The number of imidazole rings is 1. The van der Waals surface area contributed by atoms with Crippen molar-refractivity contribution in [1.29, 1.82) is 0 Å². The van der Waals surface area contributed by atoms with E-state index in [4.69, 9.17) is 15.0 Å². The summed E-state index contributed by atoms with van der Waals surface area (Å²) in [7, 11) is 0. The summed E-state index contributed by atoms with van der Waals surface area (Å²) in [5.74, 6) is -0.200. The van der Waals surface area contributed by atoms with Gasteiger partial charge in [0.25, 0.3) is 0 Å². The zero-order chi connectivity index (χ0) is 13.9. The minimum Gasteiger partial charge on any atom is -0.390 e. The van der Waals surface area contributed by atoms with Gasteiger partial charge in [-0.2, -0.15) is 0 Å². The van der Waals surface area contributed by atoms with Crippen LogP contribution in [0.3, 0.4) is 0 Å². The van der Waals surface area contributed by atoms with Crippen LogP contribution in [-0.4, -0.2) is 47.4 Å². The zero-order valence-corrected chi connectivity index (χ0v) is 10.2. The average molecular weight is 270 g/mol. The molecule has 0 radical (unpaired) electrons. The average Bonchev–Trinajstić information content (AvgIpc) is 2.85. The Morgan fingerprint density at radius 2 is 2.16 bits per heavy atom. The number of rotatable bonds is 10. The van der Waals surface area contributed by atoms with E-state index in [1.54, 1.807) is 0 Å². The Hall–Kier alpha value is -2.16. The summed E-state index contributed by atoms with van der Waals surface area (Å²) in [6.07, 6.45) is 2.90. The monoisotopic (exact) mass is 270 g/mol. The first-order chi connectivity index (χ1) is 9.25. The van der Waals surface area contributed by atoms with E-state index in [0.29, 0.717) is 33.0 Å². The molecule has 0 amide bonds. The Morgan fingerprint density at radius 3 is 2.84 bits per heavy atom. The van der Waals surface area contributed by atoms with E-state index < -0.39 is 4.92 Å². The standard InChI is InChI=1S/C9H14N6O4/c10-13-12-2-5-18-7-8-19-6-4-14-3-1-11-9(14)15(16)17/h1,3H,2,4-8H2. The summed E-state index contributed by atoms with van der Waals surface area (Å²) in [4.78, 5) is 16.2. The first-order valence-electron chi connectivity index (χ1n) is 5.57. The van der Waals surface area contributed by atoms with Gasteiger partial charge in [0.1, 0.15) is 12.4 Å². The highest BCUT2D eigenvalue weighted by molar-refractivity contribution is 5.06. The molecule has 0 N–H and O–H groups in total. The fourth-order valence-corrected chi connectivity index (χ4v) is 1.28. The van der Waals surface area contributed by atoms with Crippen molar-refractivity contribution in [3.05, 3.63) is 33.0 Å². The Balaban J connectivity index is 2.06. The molecule has 0 unspecified atom stereocenters. The number of hydrogen-bond acceptors (Lipinski definition) is 6. The maximum absolute atomic E-state index is 10.6. The van der Waals surface area contributed by atoms with Crippen molar-refractivity contribution in [3.8, 4) is 0 Å². The van der Waals surface area contributed by atoms with Crippen LogP contribution in [0.2, 0.25) is 0 Å². The second-order valence-corrected chi connectivity index (χ2v) is 3.36.